The minimum absolute atomic E-state index is 0.0346. The van der Waals surface area contributed by atoms with Crippen molar-refractivity contribution in [1.82, 2.24) is 20.0 Å². The number of aliphatic hydroxyl groups is 2. The Balaban J connectivity index is 1.55. The lowest BCUT2D eigenvalue weighted by atomic mass is 9.88. The van der Waals surface area contributed by atoms with Gasteiger partial charge in [0.1, 0.15) is 23.9 Å². The molecular formula is C23H21F3N4O6. The molecule has 190 valence electrons. The molecule has 2 aliphatic heterocycles. The molecule has 0 bridgehead atoms. The van der Waals surface area contributed by atoms with E-state index in [1.165, 1.54) is 30.7 Å². The van der Waals surface area contributed by atoms with E-state index in [2.05, 4.69) is 15.3 Å². The largest absolute Gasteiger partial charge is 0.451 e. The number of halogens is 3. The van der Waals surface area contributed by atoms with E-state index in [9.17, 15) is 28.2 Å². The van der Waals surface area contributed by atoms with Crippen LogP contribution in [0.4, 0.5) is 13.2 Å². The van der Waals surface area contributed by atoms with E-state index >= 15 is 0 Å². The molecule has 0 aliphatic carbocycles. The highest BCUT2D eigenvalue weighted by Crippen LogP contribution is 2.45. The normalized spacial score (nSPS) is 27.9. The number of hydrogen-bond donors (Lipinski definition) is 2. The van der Waals surface area contributed by atoms with E-state index in [1.807, 2.05) is 0 Å². The van der Waals surface area contributed by atoms with Gasteiger partial charge >= 0.3 is 5.97 Å². The summed E-state index contributed by atoms with van der Waals surface area (Å²) in [5, 5.41) is 28.8. The second kappa shape index (κ2) is 9.58. The molecule has 4 heterocycles. The zero-order valence-electron chi connectivity index (χ0n) is 18.6. The van der Waals surface area contributed by atoms with E-state index in [1.54, 1.807) is 0 Å². The molecule has 1 spiro atoms. The topological polar surface area (TPSA) is 129 Å². The van der Waals surface area contributed by atoms with Crippen LogP contribution >= 0.6 is 0 Å². The third kappa shape index (κ3) is 4.23. The highest BCUT2D eigenvalue weighted by atomic mass is 19.2. The maximum atomic E-state index is 13.8. The molecule has 3 aromatic rings. The minimum Gasteiger partial charge on any atom is -0.451 e. The molecule has 0 saturated carbocycles. The summed E-state index contributed by atoms with van der Waals surface area (Å²) in [5.74, 6) is -6.69. The summed E-state index contributed by atoms with van der Waals surface area (Å²) in [4.78, 5) is 16.8. The fraction of sp³-hybridized carbons (Fsp3) is 0.391. The molecule has 13 heteroatoms. The first kappa shape index (κ1) is 24.3. The third-order valence-corrected chi connectivity index (χ3v) is 6.27. The average Bonchev–Trinajstić information content (AvgIpc) is 3.56. The molecule has 2 aromatic heterocycles. The second-order valence-corrected chi connectivity index (χ2v) is 8.48. The number of ether oxygens (including phenoxy) is 3. The van der Waals surface area contributed by atoms with Crippen molar-refractivity contribution in [1.29, 1.82) is 0 Å². The molecule has 5 rings (SSSR count). The van der Waals surface area contributed by atoms with Gasteiger partial charge in [-0.3, -0.25) is 4.98 Å². The predicted molar refractivity (Wildman–Crippen MR) is 114 cm³/mol. The fourth-order valence-electron chi connectivity index (χ4n) is 4.53. The molecule has 0 radical (unpaired) electrons. The monoisotopic (exact) mass is 506 g/mol. The van der Waals surface area contributed by atoms with Crippen LogP contribution in [0.1, 0.15) is 29.2 Å². The lowest BCUT2D eigenvalue weighted by Crippen LogP contribution is -2.63. The number of nitrogens with zero attached hydrogens (tertiary/aromatic N) is 4. The molecule has 0 amide bonds. The zero-order chi connectivity index (χ0) is 25.4. The van der Waals surface area contributed by atoms with Gasteiger partial charge in [-0.25, -0.2) is 22.6 Å². The smallest absolute Gasteiger partial charge is 0.338 e. The molecule has 36 heavy (non-hydrogen) atoms. The van der Waals surface area contributed by atoms with Crippen molar-refractivity contribution in [2.75, 3.05) is 13.2 Å². The number of esters is 1. The van der Waals surface area contributed by atoms with E-state index < -0.39 is 60.2 Å². The Bertz CT molecular complexity index is 1230. The molecule has 2 N–H and O–H groups in total. The van der Waals surface area contributed by atoms with Gasteiger partial charge in [-0.2, -0.15) is 0 Å². The lowest BCUT2D eigenvalue weighted by Gasteiger charge is -2.48. The Hall–Kier alpha value is -3.39. The lowest BCUT2D eigenvalue weighted by molar-refractivity contribution is -0.337. The van der Waals surface area contributed by atoms with E-state index in [-0.39, 0.29) is 29.8 Å². The molecule has 2 saturated heterocycles. The summed E-state index contributed by atoms with van der Waals surface area (Å²) in [6.07, 6.45) is 1.10. The van der Waals surface area contributed by atoms with Gasteiger partial charge in [-0.1, -0.05) is 5.21 Å². The summed E-state index contributed by atoms with van der Waals surface area (Å²) in [7, 11) is 0. The molecular weight excluding hydrogens is 485 g/mol. The average molecular weight is 506 g/mol. The van der Waals surface area contributed by atoms with Crippen LogP contribution in [0, 0.1) is 17.5 Å². The van der Waals surface area contributed by atoms with Crippen LogP contribution in [0.2, 0.25) is 0 Å². The van der Waals surface area contributed by atoms with E-state index in [0.717, 1.165) is 16.8 Å². The third-order valence-electron chi connectivity index (χ3n) is 6.27. The first-order valence-electron chi connectivity index (χ1n) is 11.1. The summed E-state index contributed by atoms with van der Waals surface area (Å²) < 4.78 is 59.7. The second-order valence-electron chi connectivity index (χ2n) is 8.48. The summed E-state index contributed by atoms with van der Waals surface area (Å²) >= 11 is 0. The molecule has 10 nitrogen and oxygen atoms in total. The van der Waals surface area contributed by atoms with Crippen LogP contribution in [0.5, 0.6) is 0 Å². The summed E-state index contributed by atoms with van der Waals surface area (Å²) in [6, 6.07) is 3.23. The Morgan fingerprint density at radius 2 is 1.94 bits per heavy atom. The van der Waals surface area contributed by atoms with Crippen LogP contribution in [0.25, 0.3) is 11.3 Å². The quantitative estimate of drug-likeness (QED) is 0.393. The standard InChI is InChI=1S/C23H21F3N4O6/c24-14-8-13(9-15(25)18(14)26)16-10-30(29-28-16)19-20(32)17(11-31)36-23(4-1-7-34-23)21(19)35-22(33)12-2-5-27-6-3-12/h2-3,5-6,8-10,17,19-21,31-32H,1,4,7,11H2/t17-,19+,20+,21-,23+/m1/s1. The summed E-state index contributed by atoms with van der Waals surface area (Å²) in [5.41, 5.74) is 0.0509. The van der Waals surface area contributed by atoms with Crippen LogP contribution < -0.4 is 0 Å². The number of aliphatic hydroxyl groups excluding tert-OH is 2. The van der Waals surface area contributed by atoms with Gasteiger partial charge in [0.15, 0.2) is 23.6 Å². The molecule has 2 fully saturated rings. The number of benzene rings is 1. The first-order chi connectivity index (χ1) is 17.3. The van der Waals surface area contributed by atoms with Gasteiger partial charge in [0.25, 0.3) is 0 Å². The Morgan fingerprint density at radius 3 is 2.58 bits per heavy atom. The Morgan fingerprint density at radius 1 is 1.22 bits per heavy atom. The summed E-state index contributed by atoms with van der Waals surface area (Å²) in [6.45, 7) is -0.301. The van der Waals surface area contributed by atoms with Crippen molar-refractivity contribution in [2.45, 2.75) is 43.0 Å². The highest BCUT2D eigenvalue weighted by Gasteiger charge is 2.59. The van der Waals surface area contributed by atoms with Crippen molar-refractivity contribution in [3.8, 4) is 11.3 Å². The van der Waals surface area contributed by atoms with Crippen LogP contribution in [0.3, 0.4) is 0 Å². The number of aromatic nitrogens is 4. The van der Waals surface area contributed by atoms with Crippen LogP contribution in [-0.2, 0) is 14.2 Å². The number of carbonyl (C=O) groups is 1. The van der Waals surface area contributed by atoms with E-state index in [4.69, 9.17) is 14.2 Å². The Labute approximate surface area is 202 Å². The first-order valence-corrected chi connectivity index (χ1v) is 11.1. The SMILES string of the molecule is O=C(O[C@@H]1[C@@H](n2cc(-c3cc(F)c(F)c(F)c3)nn2)[C@@H](O)[C@@H](CO)O[C@@]12CCCO2)c1ccncc1. The number of hydrogen-bond acceptors (Lipinski definition) is 9. The van der Waals surface area contributed by atoms with Gasteiger partial charge in [0.2, 0.25) is 5.79 Å². The molecule has 0 unspecified atom stereocenters. The van der Waals surface area contributed by atoms with Gasteiger partial charge < -0.3 is 24.4 Å². The van der Waals surface area contributed by atoms with Crippen molar-refractivity contribution in [3.63, 3.8) is 0 Å². The van der Waals surface area contributed by atoms with Gasteiger partial charge in [0, 0.05) is 24.4 Å². The van der Waals surface area contributed by atoms with Crippen LogP contribution in [0.15, 0.2) is 42.9 Å². The number of pyridine rings is 1. The maximum Gasteiger partial charge on any atom is 0.338 e. The van der Waals surface area contributed by atoms with Crippen molar-refractivity contribution >= 4 is 5.97 Å². The van der Waals surface area contributed by atoms with Crippen molar-refractivity contribution < 1.29 is 42.4 Å². The van der Waals surface area contributed by atoms with Gasteiger partial charge in [-0.05, 0) is 30.7 Å². The molecule has 5 atom stereocenters. The zero-order valence-corrected chi connectivity index (χ0v) is 18.6. The van der Waals surface area contributed by atoms with Crippen LogP contribution in [-0.4, -0.2) is 73.5 Å². The van der Waals surface area contributed by atoms with Gasteiger partial charge in [-0.15, -0.1) is 5.10 Å². The van der Waals surface area contributed by atoms with Crippen molar-refractivity contribution in [3.05, 3.63) is 65.9 Å². The van der Waals surface area contributed by atoms with Gasteiger partial charge in [0.05, 0.1) is 25.0 Å². The number of rotatable bonds is 5. The fourth-order valence-corrected chi connectivity index (χ4v) is 4.53. The maximum absolute atomic E-state index is 13.8. The molecule has 1 aromatic carbocycles. The number of carbonyl (C=O) groups excluding carboxylic acids is 1. The molecule has 2 aliphatic rings. The van der Waals surface area contributed by atoms with Crippen molar-refractivity contribution in [2.24, 2.45) is 0 Å². The predicted octanol–water partition coefficient (Wildman–Crippen LogP) is 1.78. The Kier molecular flexibility index (Phi) is 6.47. The minimum atomic E-state index is -1.62. The van der Waals surface area contributed by atoms with E-state index in [0.29, 0.717) is 6.42 Å². The highest BCUT2D eigenvalue weighted by molar-refractivity contribution is 5.89.